The number of nitrogens with zero attached hydrogens (tertiary/aromatic N) is 1. The first-order valence-electron chi connectivity index (χ1n) is 5.56. The fraction of sp³-hybridized carbons (Fsp3) is 0. The van der Waals surface area contributed by atoms with Crippen molar-refractivity contribution in [3.8, 4) is 11.3 Å². The van der Waals surface area contributed by atoms with E-state index in [0.717, 1.165) is 5.56 Å². The zero-order chi connectivity index (χ0) is 14.5. The maximum Gasteiger partial charge on any atom is 0.184 e. The van der Waals surface area contributed by atoms with Gasteiger partial charge in [-0.2, -0.15) is 5.10 Å². The number of furan rings is 1. The fourth-order valence-corrected chi connectivity index (χ4v) is 1.56. The standard InChI is InChI=1S/C13H11N3O3S/c14-13(20)16-15-7-10-5-6-11(19-10)8-1-3-9(4-2-8)12(17)18/h1-7H,(H,17,18)(H3,14,16,20)/p-1/b15-7-. The van der Waals surface area contributed by atoms with Crippen LogP contribution in [0.2, 0.25) is 0 Å². The number of rotatable bonds is 4. The number of hydrogen-bond donors (Lipinski definition) is 2. The van der Waals surface area contributed by atoms with Crippen molar-refractivity contribution in [1.29, 1.82) is 0 Å². The molecule has 0 spiro atoms. The van der Waals surface area contributed by atoms with Crippen molar-refractivity contribution in [3.63, 3.8) is 0 Å². The third-order valence-corrected chi connectivity index (χ3v) is 2.49. The summed E-state index contributed by atoms with van der Waals surface area (Å²) < 4.78 is 5.52. The van der Waals surface area contributed by atoms with E-state index in [9.17, 15) is 9.90 Å². The first kappa shape index (κ1) is 13.8. The monoisotopic (exact) mass is 288 g/mol. The van der Waals surface area contributed by atoms with Crippen molar-refractivity contribution in [1.82, 2.24) is 5.43 Å². The lowest BCUT2D eigenvalue weighted by atomic mass is 10.1. The molecule has 0 aliphatic rings. The summed E-state index contributed by atoms with van der Waals surface area (Å²) in [6, 6.07) is 9.64. The van der Waals surface area contributed by atoms with Gasteiger partial charge in [0.15, 0.2) is 5.11 Å². The molecule has 0 atom stereocenters. The number of benzene rings is 1. The molecule has 20 heavy (non-hydrogen) atoms. The first-order valence-corrected chi connectivity index (χ1v) is 5.97. The Morgan fingerprint density at radius 3 is 2.60 bits per heavy atom. The summed E-state index contributed by atoms with van der Waals surface area (Å²) in [6.45, 7) is 0. The molecule has 0 amide bonds. The van der Waals surface area contributed by atoms with Gasteiger partial charge in [-0.15, -0.1) is 0 Å². The van der Waals surface area contributed by atoms with Crippen LogP contribution in [0.25, 0.3) is 11.3 Å². The Balaban J connectivity index is 2.14. The van der Waals surface area contributed by atoms with E-state index in [1.807, 2.05) is 0 Å². The maximum atomic E-state index is 10.6. The van der Waals surface area contributed by atoms with Gasteiger partial charge in [-0.05, 0) is 29.9 Å². The van der Waals surface area contributed by atoms with Gasteiger partial charge in [0.2, 0.25) is 0 Å². The SMILES string of the molecule is NC(=S)N/N=C\c1ccc(-c2ccc(C(=O)[O-])cc2)o1. The van der Waals surface area contributed by atoms with E-state index in [1.54, 1.807) is 24.3 Å². The minimum atomic E-state index is -1.22. The molecular formula is C13H10N3O3S-. The van der Waals surface area contributed by atoms with Crippen molar-refractivity contribution in [2.45, 2.75) is 0 Å². The van der Waals surface area contributed by atoms with E-state index in [4.69, 9.17) is 10.2 Å². The lowest BCUT2D eigenvalue weighted by Gasteiger charge is -2.02. The second-order valence-electron chi connectivity index (χ2n) is 3.80. The van der Waals surface area contributed by atoms with Gasteiger partial charge in [0.1, 0.15) is 11.5 Å². The fourth-order valence-electron chi connectivity index (χ4n) is 1.51. The first-order chi connectivity index (χ1) is 9.56. The molecule has 0 fully saturated rings. The number of carboxylic acids is 1. The summed E-state index contributed by atoms with van der Waals surface area (Å²) in [6.07, 6.45) is 1.43. The quantitative estimate of drug-likeness (QED) is 0.482. The number of aromatic carboxylic acids is 1. The molecule has 0 saturated heterocycles. The Bertz CT molecular complexity index is 662. The third kappa shape index (κ3) is 3.42. The summed E-state index contributed by atoms with van der Waals surface area (Å²) in [5.74, 6) is -0.118. The molecule has 1 aromatic heterocycles. The molecule has 0 bridgehead atoms. The normalized spacial score (nSPS) is 10.6. The summed E-state index contributed by atoms with van der Waals surface area (Å²) in [5, 5.41) is 14.5. The molecule has 2 rings (SSSR count). The van der Waals surface area contributed by atoms with Crippen molar-refractivity contribution >= 4 is 29.5 Å². The minimum Gasteiger partial charge on any atom is -0.545 e. The molecule has 3 N–H and O–H groups in total. The van der Waals surface area contributed by atoms with Gasteiger partial charge in [0, 0.05) is 5.56 Å². The molecule has 0 unspecified atom stereocenters. The van der Waals surface area contributed by atoms with Gasteiger partial charge in [0.25, 0.3) is 0 Å². The summed E-state index contributed by atoms with van der Waals surface area (Å²) in [5.41, 5.74) is 8.48. The van der Waals surface area contributed by atoms with Crippen LogP contribution in [0.15, 0.2) is 45.9 Å². The number of carbonyl (C=O) groups is 1. The van der Waals surface area contributed by atoms with E-state index in [-0.39, 0.29) is 10.7 Å². The van der Waals surface area contributed by atoms with Crippen molar-refractivity contribution in [2.75, 3.05) is 0 Å². The summed E-state index contributed by atoms with van der Waals surface area (Å²) in [4.78, 5) is 10.6. The molecule has 0 aliphatic heterocycles. The lowest BCUT2D eigenvalue weighted by Crippen LogP contribution is -2.23. The zero-order valence-electron chi connectivity index (χ0n) is 10.2. The smallest absolute Gasteiger partial charge is 0.184 e. The number of carboxylic acid groups (broad SMARTS) is 1. The van der Waals surface area contributed by atoms with E-state index >= 15 is 0 Å². The Hall–Kier alpha value is -2.67. The van der Waals surface area contributed by atoms with Gasteiger partial charge in [-0.25, -0.2) is 0 Å². The molecule has 0 aliphatic carbocycles. The van der Waals surface area contributed by atoms with Gasteiger partial charge in [-0.1, -0.05) is 24.3 Å². The van der Waals surface area contributed by atoms with Crippen LogP contribution in [0.4, 0.5) is 0 Å². The predicted molar refractivity (Wildman–Crippen MR) is 76.0 cm³/mol. The number of nitrogens with one attached hydrogen (secondary N) is 1. The number of hydrazone groups is 1. The largest absolute Gasteiger partial charge is 0.545 e. The Kier molecular flexibility index (Phi) is 4.11. The number of hydrogen-bond acceptors (Lipinski definition) is 5. The average molecular weight is 288 g/mol. The van der Waals surface area contributed by atoms with Crippen LogP contribution in [-0.4, -0.2) is 17.3 Å². The van der Waals surface area contributed by atoms with Crippen molar-refractivity contribution in [3.05, 3.63) is 47.7 Å². The van der Waals surface area contributed by atoms with Crippen LogP contribution in [0.3, 0.4) is 0 Å². The highest BCUT2D eigenvalue weighted by molar-refractivity contribution is 7.80. The molecule has 0 saturated carbocycles. The topological polar surface area (TPSA) is 104 Å². The van der Waals surface area contributed by atoms with Crippen LogP contribution < -0.4 is 16.3 Å². The highest BCUT2D eigenvalue weighted by atomic mass is 32.1. The predicted octanol–water partition coefficient (Wildman–Crippen LogP) is 0.477. The van der Waals surface area contributed by atoms with Crippen molar-refractivity contribution < 1.29 is 14.3 Å². The van der Waals surface area contributed by atoms with E-state index in [1.165, 1.54) is 18.3 Å². The molecule has 0 radical (unpaired) electrons. The molecule has 1 heterocycles. The van der Waals surface area contributed by atoms with E-state index in [0.29, 0.717) is 11.5 Å². The molecular weight excluding hydrogens is 278 g/mol. The lowest BCUT2D eigenvalue weighted by molar-refractivity contribution is -0.255. The number of thiocarbonyl (C=S) groups is 1. The second-order valence-corrected chi connectivity index (χ2v) is 4.24. The molecule has 7 heteroatoms. The molecule has 2 aromatic rings. The van der Waals surface area contributed by atoms with Crippen LogP contribution in [0, 0.1) is 0 Å². The van der Waals surface area contributed by atoms with E-state index < -0.39 is 5.97 Å². The van der Waals surface area contributed by atoms with Gasteiger partial charge >= 0.3 is 0 Å². The zero-order valence-corrected chi connectivity index (χ0v) is 11.0. The van der Waals surface area contributed by atoms with Crippen LogP contribution in [0.5, 0.6) is 0 Å². The highest BCUT2D eigenvalue weighted by Gasteiger charge is 2.03. The number of carbonyl (C=O) groups excluding carboxylic acids is 1. The maximum absolute atomic E-state index is 10.6. The second kappa shape index (κ2) is 5.98. The summed E-state index contributed by atoms with van der Waals surface area (Å²) in [7, 11) is 0. The average Bonchev–Trinajstić information content (AvgIpc) is 2.87. The summed E-state index contributed by atoms with van der Waals surface area (Å²) >= 11 is 4.60. The Labute approximate surface area is 119 Å². The van der Waals surface area contributed by atoms with Crippen LogP contribution >= 0.6 is 12.2 Å². The van der Waals surface area contributed by atoms with Crippen molar-refractivity contribution in [2.24, 2.45) is 10.8 Å². The van der Waals surface area contributed by atoms with Crippen LogP contribution in [-0.2, 0) is 0 Å². The third-order valence-electron chi connectivity index (χ3n) is 2.40. The minimum absolute atomic E-state index is 0.0610. The Morgan fingerprint density at radius 1 is 1.30 bits per heavy atom. The molecule has 6 nitrogen and oxygen atoms in total. The van der Waals surface area contributed by atoms with E-state index in [2.05, 4.69) is 22.7 Å². The van der Waals surface area contributed by atoms with Gasteiger partial charge in [-0.3, -0.25) is 5.43 Å². The van der Waals surface area contributed by atoms with Gasteiger partial charge in [0.05, 0.1) is 12.2 Å². The highest BCUT2D eigenvalue weighted by Crippen LogP contribution is 2.21. The van der Waals surface area contributed by atoms with Gasteiger partial charge < -0.3 is 20.1 Å². The van der Waals surface area contributed by atoms with Crippen LogP contribution in [0.1, 0.15) is 16.1 Å². The Morgan fingerprint density at radius 2 is 2.00 bits per heavy atom. The molecule has 102 valence electrons. The number of nitrogens with two attached hydrogens (primary N) is 1. The molecule has 1 aromatic carbocycles.